The molecule has 1 heterocycles. The first kappa shape index (κ1) is 13.7. The summed E-state index contributed by atoms with van der Waals surface area (Å²) in [4.78, 5) is 10.8. The zero-order chi connectivity index (χ0) is 13.0. The lowest BCUT2D eigenvalue weighted by Gasteiger charge is -2.18. The molecule has 0 unspecified atom stereocenters. The van der Waals surface area contributed by atoms with Crippen LogP contribution in [0.4, 0.5) is 0 Å². The highest BCUT2D eigenvalue weighted by atomic mass is 16.4. The smallest absolute Gasteiger partial charge is 0.309 e. The Bertz CT molecular complexity index is 381. The molecule has 1 aromatic rings. The fourth-order valence-corrected chi connectivity index (χ4v) is 2.10. The van der Waals surface area contributed by atoms with Crippen LogP contribution in [0.25, 0.3) is 0 Å². The monoisotopic (exact) mass is 239 g/mol. The lowest BCUT2D eigenvalue weighted by molar-refractivity contribution is -0.136. The van der Waals surface area contributed by atoms with Crippen molar-refractivity contribution in [2.45, 2.75) is 58.9 Å². The van der Waals surface area contributed by atoms with Gasteiger partial charge in [0, 0.05) is 0 Å². The Morgan fingerprint density at radius 1 is 1.35 bits per heavy atom. The van der Waals surface area contributed by atoms with E-state index in [-0.39, 0.29) is 12.3 Å². The van der Waals surface area contributed by atoms with Crippen LogP contribution in [0.5, 0.6) is 0 Å². The van der Waals surface area contributed by atoms with Gasteiger partial charge in [0.25, 0.3) is 0 Å². The normalized spacial score (nSPS) is 11.4. The molecular formula is C12H21N3O2. The van der Waals surface area contributed by atoms with E-state index in [1.54, 1.807) is 0 Å². The second-order valence-electron chi connectivity index (χ2n) is 4.56. The van der Waals surface area contributed by atoms with E-state index in [9.17, 15) is 4.79 Å². The van der Waals surface area contributed by atoms with Crippen molar-refractivity contribution in [2.24, 2.45) is 0 Å². The van der Waals surface area contributed by atoms with Crippen LogP contribution in [0.2, 0.25) is 0 Å². The Hall–Kier alpha value is -1.39. The van der Waals surface area contributed by atoms with Crippen LogP contribution in [0.3, 0.4) is 0 Å². The summed E-state index contributed by atoms with van der Waals surface area (Å²) in [5, 5.41) is 17.0. The highest BCUT2D eigenvalue weighted by Crippen LogP contribution is 2.24. The highest BCUT2D eigenvalue weighted by Gasteiger charge is 2.21. The largest absolute Gasteiger partial charge is 0.481 e. The summed E-state index contributed by atoms with van der Waals surface area (Å²) in [6.07, 6.45) is 1.91. The Morgan fingerprint density at radius 3 is 2.35 bits per heavy atom. The molecule has 96 valence electrons. The molecule has 0 aromatic carbocycles. The molecule has 0 fully saturated rings. The molecule has 0 aliphatic rings. The van der Waals surface area contributed by atoms with Crippen LogP contribution in [0.1, 0.15) is 63.9 Å². The van der Waals surface area contributed by atoms with Gasteiger partial charge in [-0.15, -0.1) is 5.10 Å². The van der Waals surface area contributed by atoms with Gasteiger partial charge in [0.2, 0.25) is 0 Å². The van der Waals surface area contributed by atoms with E-state index in [4.69, 9.17) is 5.11 Å². The Labute approximate surface area is 102 Å². The average Bonchev–Trinajstić information content (AvgIpc) is 2.63. The molecule has 5 nitrogen and oxygen atoms in total. The number of carbonyl (C=O) groups is 1. The van der Waals surface area contributed by atoms with Crippen molar-refractivity contribution in [3.8, 4) is 0 Å². The zero-order valence-electron chi connectivity index (χ0n) is 11.0. The first-order chi connectivity index (χ1) is 8.01. The summed E-state index contributed by atoms with van der Waals surface area (Å²) >= 11 is 0. The van der Waals surface area contributed by atoms with Crippen LogP contribution in [-0.4, -0.2) is 26.1 Å². The zero-order valence-corrected chi connectivity index (χ0v) is 11.0. The number of aromatic nitrogens is 3. The van der Waals surface area contributed by atoms with Crippen LogP contribution >= 0.6 is 0 Å². The molecule has 0 bridgehead atoms. The summed E-state index contributed by atoms with van der Waals surface area (Å²) in [5.74, 6) is -0.622. The molecule has 0 amide bonds. The molecule has 1 rings (SSSR count). The van der Waals surface area contributed by atoms with E-state index in [0.717, 1.165) is 18.5 Å². The molecule has 1 aromatic heterocycles. The van der Waals surface area contributed by atoms with Crippen LogP contribution < -0.4 is 0 Å². The van der Waals surface area contributed by atoms with Crippen molar-refractivity contribution < 1.29 is 9.90 Å². The lowest BCUT2D eigenvalue weighted by Crippen LogP contribution is -2.14. The Morgan fingerprint density at radius 2 is 1.94 bits per heavy atom. The Kier molecular flexibility index (Phi) is 4.66. The van der Waals surface area contributed by atoms with E-state index >= 15 is 0 Å². The van der Waals surface area contributed by atoms with Gasteiger partial charge in [-0.05, 0) is 18.8 Å². The molecule has 0 radical (unpaired) electrons. The number of hydrogen-bond donors (Lipinski definition) is 1. The van der Waals surface area contributed by atoms with Crippen LogP contribution in [0, 0.1) is 0 Å². The first-order valence-corrected chi connectivity index (χ1v) is 6.16. The van der Waals surface area contributed by atoms with Crippen LogP contribution in [0.15, 0.2) is 0 Å². The summed E-state index contributed by atoms with van der Waals surface area (Å²) in [5.41, 5.74) is 1.56. The Balaban J connectivity index is 3.14. The molecule has 0 saturated heterocycles. The van der Waals surface area contributed by atoms with Gasteiger partial charge in [0.05, 0.1) is 23.9 Å². The van der Waals surface area contributed by atoms with Crippen molar-refractivity contribution in [1.82, 2.24) is 15.0 Å². The van der Waals surface area contributed by atoms with Crippen molar-refractivity contribution in [3.63, 3.8) is 0 Å². The second-order valence-corrected chi connectivity index (χ2v) is 4.56. The van der Waals surface area contributed by atoms with E-state index in [0.29, 0.717) is 11.7 Å². The maximum atomic E-state index is 10.8. The number of rotatable bonds is 6. The maximum Gasteiger partial charge on any atom is 0.309 e. The van der Waals surface area contributed by atoms with Gasteiger partial charge < -0.3 is 5.11 Å². The van der Waals surface area contributed by atoms with Crippen molar-refractivity contribution in [2.75, 3.05) is 0 Å². The van der Waals surface area contributed by atoms with Crippen molar-refractivity contribution in [1.29, 1.82) is 0 Å². The molecular weight excluding hydrogens is 218 g/mol. The molecule has 1 N–H and O–H groups in total. The first-order valence-electron chi connectivity index (χ1n) is 6.16. The van der Waals surface area contributed by atoms with Crippen molar-refractivity contribution >= 4 is 5.97 Å². The van der Waals surface area contributed by atoms with Gasteiger partial charge in [-0.2, -0.15) is 0 Å². The van der Waals surface area contributed by atoms with E-state index in [2.05, 4.69) is 24.2 Å². The molecule has 0 saturated carbocycles. The summed E-state index contributed by atoms with van der Waals surface area (Å²) in [6.45, 7) is 8.31. The average molecular weight is 239 g/mol. The lowest BCUT2D eigenvalue weighted by atomic mass is 10.0. The third kappa shape index (κ3) is 3.05. The van der Waals surface area contributed by atoms with Gasteiger partial charge in [0.15, 0.2) is 0 Å². The standard InChI is InChI=1S/C12H21N3O2/c1-5-9(6-2)15-12(8(3)4)10(13-14-15)7-11(16)17/h8-9H,5-7H2,1-4H3,(H,16,17). The number of carboxylic acids is 1. The topological polar surface area (TPSA) is 68.0 Å². The fourth-order valence-electron chi connectivity index (χ4n) is 2.10. The van der Waals surface area contributed by atoms with E-state index in [1.165, 1.54) is 0 Å². The fraction of sp³-hybridized carbons (Fsp3) is 0.750. The molecule has 0 aliphatic carbocycles. The number of hydrogen-bond acceptors (Lipinski definition) is 3. The minimum absolute atomic E-state index is 0.0480. The third-order valence-corrected chi connectivity index (χ3v) is 2.96. The second kappa shape index (κ2) is 5.80. The van der Waals surface area contributed by atoms with E-state index < -0.39 is 5.97 Å². The van der Waals surface area contributed by atoms with Gasteiger partial charge >= 0.3 is 5.97 Å². The minimum atomic E-state index is -0.858. The maximum absolute atomic E-state index is 10.8. The van der Waals surface area contributed by atoms with Crippen LogP contribution in [-0.2, 0) is 11.2 Å². The molecule has 17 heavy (non-hydrogen) atoms. The van der Waals surface area contributed by atoms with Gasteiger partial charge in [0.1, 0.15) is 0 Å². The number of carboxylic acid groups (broad SMARTS) is 1. The van der Waals surface area contributed by atoms with Gasteiger partial charge in [-0.3, -0.25) is 4.79 Å². The highest BCUT2D eigenvalue weighted by molar-refractivity contribution is 5.69. The molecule has 0 aliphatic heterocycles. The minimum Gasteiger partial charge on any atom is -0.481 e. The summed E-state index contributed by atoms with van der Waals surface area (Å²) in [7, 11) is 0. The van der Waals surface area contributed by atoms with Gasteiger partial charge in [-0.25, -0.2) is 4.68 Å². The molecule has 0 spiro atoms. The summed E-state index contributed by atoms with van der Waals surface area (Å²) < 4.78 is 1.91. The number of aliphatic carboxylic acids is 1. The molecule has 5 heteroatoms. The predicted octanol–water partition coefficient (Wildman–Crippen LogP) is 2.39. The predicted molar refractivity (Wildman–Crippen MR) is 65.1 cm³/mol. The summed E-state index contributed by atoms with van der Waals surface area (Å²) in [6, 6.07) is 0.308. The molecule has 0 atom stereocenters. The van der Waals surface area contributed by atoms with Crippen molar-refractivity contribution in [3.05, 3.63) is 11.4 Å². The third-order valence-electron chi connectivity index (χ3n) is 2.96. The number of nitrogens with zero attached hydrogens (tertiary/aromatic N) is 3. The SMILES string of the molecule is CCC(CC)n1nnc(CC(=O)O)c1C(C)C. The van der Waals surface area contributed by atoms with E-state index in [1.807, 2.05) is 18.5 Å². The quantitative estimate of drug-likeness (QED) is 0.827. The van der Waals surface area contributed by atoms with Gasteiger partial charge in [-0.1, -0.05) is 32.9 Å².